The Morgan fingerprint density at radius 3 is 2.77 bits per heavy atom. The zero-order valence-electron chi connectivity index (χ0n) is 14.9. The lowest BCUT2D eigenvalue weighted by Gasteiger charge is -2.35. The lowest BCUT2D eigenvalue weighted by atomic mass is 10.1. The van der Waals surface area contributed by atoms with Crippen LogP contribution in [0.1, 0.15) is 29.3 Å². The van der Waals surface area contributed by atoms with Crippen LogP contribution in [-0.4, -0.2) is 48.6 Å². The third kappa shape index (κ3) is 4.12. The summed E-state index contributed by atoms with van der Waals surface area (Å²) in [6.07, 6.45) is 2.58. The van der Waals surface area contributed by atoms with Crippen LogP contribution < -0.4 is 9.64 Å². The van der Waals surface area contributed by atoms with Gasteiger partial charge in [0.25, 0.3) is 5.91 Å². The van der Waals surface area contributed by atoms with Crippen molar-refractivity contribution < 1.29 is 9.53 Å². The number of nitrogens with zero attached hydrogens (tertiary/aromatic N) is 4. The minimum atomic E-state index is 0.0188. The predicted octanol–water partition coefficient (Wildman–Crippen LogP) is 2.70. The molecule has 0 radical (unpaired) electrons. The maximum atomic E-state index is 12.8. The van der Waals surface area contributed by atoms with Crippen LogP contribution in [0, 0.1) is 11.3 Å². The van der Waals surface area contributed by atoms with Crippen LogP contribution in [0.15, 0.2) is 42.6 Å². The number of nitriles is 1. The highest BCUT2D eigenvalue weighted by Gasteiger charge is 2.23. The topological polar surface area (TPSA) is 69.5 Å². The van der Waals surface area contributed by atoms with Gasteiger partial charge in [0, 0.05) is 37.9 Å². The average molecular weight is 350 g/mol. The van der Waals surface area contributed by atoms with Gasteiger partial charge >= 0.3 is 0 Å². The second-order valence-corrected chi connectivity index (χ2v) is 6.17. The first-order valence-corrected chi connectivity index (χ1v) is 8.84. The molecule has 0 N–H and O–H groups in total. The molecule has 0 bridgehead atoms. The second-order valence-electron chi connectivity index (χ2n) is 6.17. The molecule has 1 aromatic carbocycles. The van der Waals surface area contributed by atoms with Gasteiger partial charge in [-0.2, -0.15) is 5.26 Å². The fraction of sp³-hybridized carbons (Fsp3) is 0.350. The Hall–Kier alpha value is -3.07. The van der Waals surface area contributed by atoms with E-state index in [1.54, 1.807) is 18.3 Å². The molecular formula is C20H22N4O2. The summed E-state index contributed by atoms with van der Waals surface area (Å²) in [5.41, 5.74) is 1.24. The van der Waals surface area contributed by atoms with Crippen molar-refractivity contribution >= 4 is 11.7 Å². The molecule has 0 aliphatic carbocycles. The van der Waals surface area contributed by atoms with E-state index in [1.165, 1.54) is 0 Å². The normalized spacial score (nSPS) is 14.0. The van der Waals surface area contributed by atoms with E-state index in [1.807, 2.05) is 29.2 Å². The molecule has 1 aromatic heterocycles. The van der Waals surface area contributed by atoms with Gasteiger partial charge in [-0.15, -0.1) is 0 Å². The zero-order valence-corrected chi connectivity index (χ0v) is 14.9. The minimum Gasteiger partial charge on any atom is -0.494 e. The Morgan fingerprint density at radius 2 is 2.04 bits per heavy atom. The number of carbonyl (C=O) groups excluding carboxylic acids is 1. The third-order valence-corrected chi connectivity index (χ3v) is 4.32. The van der Waals surface area contributed by atoms with Gasteiger partial charge in [-0.25, -0.2) is 4.98 Å². The van der Waals surface area contributed by atoms with Gasteiger partial charge < -0.3 is 14.5 Å². The van der Waals surface area contributed by atoms with Crippen molar-refractivity contribution in [1.82, 2.24) is 9.88 Å². The highest BCUT2D eigenvalue weighted by Crippen LogP contribution is 2.18. The van der Waals surface area contributed by atoms with Crippen molar-refractivity contribution in [1.29, 1.82) is 5.26 Å². The number of pyridine rings is 1. The van der Waals surface area contributed by atoms with E-state index in [-0.39, 0.29) is 5.91 Å². The largest absolute Gasteiger partial charge is 0.494 e. The molecule has 1 aliphatic rings. The van der Waals surface area contributed by atoms with Crippen LogP contribution in [0.25, 0.3) is 0 Å². The molecule has 3 rings (SSSR count). The van der Waals surface area contributed by atoms with Crippen LogP contribution in [-0.2, 0) is 0 Å². The minimum absolute atomic E-state index is 0.0188. The van der Waals surface area contributed by atoms with Gasteiger partial charge in [0.15, 0.2) is 0 Å². The molecule has 1 saturated heterocycles. The number of aromatic nitrogens is 1. The summed E-state index contributed by atoms with van der Waals surface area (Å²) in [6, 6.07) is 13.0. The fourth-order valence-electron chi connectivity index (χ4n) is 2.92. The molecule has 26 heavy (non-hydrogen) atoms. The van der Waals surface area contributed by atoms with Gasteiger partial charge in [-0.05, 0) is 36.8 Å². The number of benzene rings is 1. The molecule has 0 atom stereocenters. The van der Waals surface area contributed by atoms with Crippen molar-refractivity contribution in [2.75, 3.05) is 37.7 Å². The van der Waals surface area contributed by atoms with Gasteiger partial charge in [0.1, 0.15) is 11.6 Å². The van der Waals surface area contributed by atoms with E-state index in [0.29, 0.717) is 43.9 Å². The summed E-state index contributed by atoms with van der Waals surface area (Å²) in [5, 5.41) is 9.02. The van der Waals surface area contributed by atoms with E-state index in [9.17, 15) is 4.79 Å². The maximum Gasteiger partial charge on any atom is 0.254 e. The molecule has 0 spiro atoms. The maximum absolute atomic E-state index is 12.8. The molecular weight excluding hydrogens is 328 g/mol. The van der Waals surface area contributed by atoms with E-state index < -0.39 is 0 Å². The predicted molar refractivity (Wildman–Crippen MR) is 99.3 cm³/mol. The number of hydrogen-bond acceptors (Lipinski definition) is 5. The smallest absolute Gasteiger partial charge is 0.254 e. The Kier molecular flexibility index (Phi) is 5.69. The second kappa shape index (κ2) is 8.34. The van der Waals surface area contributed by atoms with Crippen LogP contribution in [0.2, 0.25) is 0 Å². The quantitative estimate of drug-likeness (QED) is 0.829. The molecule has 6 heteroatoms. The van der Waals surface area contributed by atoms with Crippen molar-refractivity contribution in [2.24, 2.45) is 0 Å². The molecule has 0 unspecified atom stereocenters. The zero-order chi connectivity index (χ0) is 18.4. The highest BCUT2D eigenvalue weighted by atomic mass is 16.5. The van der Waals surface area contributed by atoms with Gasteiger partial charge in [0.05, 0.1) is 18.2 Å². The monoisotopic (exact) mass is 350 g/mol. The Balaban J connectivity index is 1.62. The number of amides is 1. The Labute approximate surface area is 153 Å². The molecule has 6 nitrogen and oxygen atoms in total. The number of anilines is 1. The van der Waals surface area contributed by atoms with Crippen molar-refractivity contribution in [3.05, 3.63) is 53.7 Å². The number of piperazine rings is 1. The summed E-state index contributed by atoms with van der Waals surface area (Å²) in [4.78, 5) is 21.0. The molecule has 1 fully saturated rings. The molecule has 134 valence electrons. The van der Waals surface area contributed by atoms with Crippen molar-refractivity contribution in [2.45, 2.75) is 13.3 Å². The molecule has 2 heterocycles. The molecule has 1 amide bonds. The average Bonchev–Trinajstić information content (AvgIpc) is 2.72. The Morgan fingerprint density at radius 1 is 1.23 bits per heavy atom. The first kappa shape index (κ1) is 17.7. The number of hydrogen-bond donors (Lipinski definition) is 0. The summed E-state index contributed by atoms with van der Waals surface area (Å²) in [5.74, 6) is 1.53. The first-order chi connectivity index (χ1) is 12.7. The number of rotatable bonds is 5. The Bertz CT molecular complexity index is 807. The lowest BCUT2D eigenvalue weighted by Crippen LogP contribution is -2.49. The van der Waals surface area contributed by atoms with Crippen LogP contribution in [0.3, 0.4) is 0 Å². The summed E-state index contributed by atoms with van der Waals surface area (Å²) in [6.45, 7) is 5.33. The van der Waals surface area contributed by atoms with Crippen LogP contribution in [0.5, 0.6) is 5.75 Å². The molecule has 0 saturated carbocycles. The van der Waals surface area contributed by atoms with Crippen LogP contribution >= 0.6 is 0 Å². The van der Waals surface area contributed by atoms with Gasteiger partial charge in [-0.3, -0.25) is 4.79 Å². The third-order valence-electron chi connectivity index (χ3n) is 4.32. The standard InChI is InChI=1S/C20H22N4O2/c1-2-12-26-18-5-3-4-17(14-18)20(25)24-10-8-23(9-11-24)19-13-16(15-21)6-7-22-19/h3-7,13-14H,2,8-12H2,1H3. The van der Waals surface area contributed by atoms with E-state index in [4.69, 9.17) is 10.00 Å². The molecule has 2 aromatic rings. The fourth-order valence-corrected chi connectivity index (χ4v) is 2.92. The lowest BCUT2D eigenvalue weighted by molar-refractivity contribution is 0.0746. The van der Waals surface area contributed by atoms with Crippen molar-refractivity contribution in [3.63, 3.8) is 0 Å². The summed E-state index contributed by atoms with van der Waals surface area (Å²) >= 11 is 0. The van der Waals surface area contributed by atoms with E-state index in [2.05, 4.69) is 22.9 Å². The van der Waals surface area contributed by atoms with E-state index >= 15 is 0 Å². The van der Waals surface area contributed by atoms with Gasteiger partial charge in [-0.1, -0.05) is 13.0 Å². The SMILES string of the molecule is CCCOc1cccc(C(=O)N2CCN(c3cc(C#N)ccn3)CC2)c1. The van der Waals surface area contributed by atoms with Crippen molar-refractivity contribution in [3.8, 4) is 11.8 Å². The van der Waals surface area contributed by atoms with Crippen LogP contribution in [0.4, 0.5) is 5.82 Å². The highest BCUT2D eigenvalue weighted by molar-refractivity contribution is 5.94. The first-order valence-electron chi connectivity index (χ1n) is 8.84. The summed E-state index contributed by atoms with van der Waals surface area (Å²) < 4.78 is 5.62. The number of carbonyl (C=O) groups is 1. The van der Waals surface area contributed by atoms with Gasteiger partial charge in [0.2, 0.25) is 0 Å². The molecule has 1 aliphatic heterocycles. The van der Waals surface area contributed by atoms with E-state index in [0.717, 1.165) is 18.0 Å². The summed E-state index contributed by atoms with van der Waals surface area (Å²) in [7, 11) is 0. The number of ether oxygens (including phenoxy) is 1.